The average molecular weight is 348 g/mol. The van der Waals surface area contributed by atoms with E-state index < -0.39 is 5.92 Å². The Balaban J connectivity index is 1.86. The van der Waals surface area contributed by atoms with Gasteiger partial charge in [0.15, 0.2) is 0 Å². The number of nitrogens with zero attached hydrogens (tertiary/aromatic N) is 2. The van der Waals surface area contributed by atoms with Crippen molar-refractivity contribution in [3.05, 3.63) is 63.9 Å². The molecular formula is C21H20N2O3. The molecule has 3 aromatic rings. The van der Waals surface area contributed by atoms with Crippen molar-refractivity contribution in [1.82, 2.24) is 9.55 Å². The Hall–Kier alpha value is -2.95. The van der Waals surface area contributed by atoms with Crippen molar-refractivity contribution in [3.63, 3.8) is 0 Å². The number of para-hydroxylation sites is 1. The molecule has 132 valence electrons. The molecule has 0 N–H and O–H groups in total. The second kappa shape index (κ2) is 6.41. The topological polar surface area (TPSA) is 61.2 Å². The lowest BCUT2D eigenvalue weighted by Gasteiger charge is -2.15. The number of ether oxygens (including phenoxy) is 1. The molecular weight excluding hydrogens is 328 g/mol. The Morgan fingerprint density at radius 3 is 2.81 bits per heavy atom. The Morgan fingerprint density at radius 2 is 2.04 bits per heavy atom. The second-order valence-electron chi connectivity index (χ2n) is 6.50. The van der Waals surface area contributed by atoms with Crippen LogP contribution in [-0.2, 0) is 16.1 Å². The number of carbonyl (C=O) groups excluding carboxylic acids is 1. The molecule has 5 nitrogen and oxygen atoms in total. The summed E-state index contributed by atoms with van der Waals surface area (Å²) in [7, 11) is 0. The van der Waals surface area contributed by atoms with E-state index in [-0.39, 0.29) is 11.5 Å². The lowest BCUT2D eigenvalue weighted by molar-refractivity contribution is -0.145. The molecule has 0 saturated heterocycles. The van der Waals surface area contributed by atoms with Gasteiger partial charge in [-0.2, -0.15) is 0 Å². The summed E-state index contributed by atoms with van der Waals surface area (Å²) in [6.07, 6.45) is 0.583. The van der Waals surface area contributed by atoms with Crippen LogP contribution in [0.3, 0.4) is 0 Å². The second-order valence-corrected chi connectivity index (χ2v) is 6.50. The summed E-state index contributed by atoms with van der Waals surface area (Å²) in [5.74, 6) is -0.720. The summed E-state index contributed by atoms with van der Waals surface area (Å²) >= 11 is 0. The van der Waals surface area contributed by atoms with Gasteiger partial charge in [-0.05, 0) is 37.1 Å². The quantitative estimate of drug-likeness (QED) is 0.530. The molecule has 1 aromatic carbocycles. The zero-order valence-electron chi connectivity index (χ0n) is 14.9. The van der Waals surface area contributed by atoms with Crippen molar-refractivity contribution in [1.29, 1.82) is 0 Å². The number of benzene rings is 1. The normalized spacial score (nSPS) is 13.3. The van der Waals surface area contributed by atoms with Crippen molar-refractivity contribution in [2.75, 3.05) is 6.61 Å². The van der Waals surface area contributed by atoms with Gasteiger partial charge < -0.3 is 9.30 Å². The van der Waals surface area contributed by atoms with Gasteiger partial charge >= 0.3 is 5.97 Å². The third-order valence-electron chi connectivity index (χ3n) is 4.91. The number of carbonyl (C=O) groups is 1. The smallest absolute Gasteiger partial charge is 0.313 e. The van der Waals surface area contributed by atoms with Crippen LogP contribution in [-0.4, -0.2) is 22.1 Å². The highest BCUT2D eigenvalue weighted by Gasteiger charge is 2.26. The van der Waals surface area contributed by atoms with Crippen LogP contribution < -0.4 is 5.56 Å². The zero-order chi connectivity index (χ0) is 18.3. The predicted molar refractivity (Wildman–Crippen MR) is 100 cm³/mol. The fourth-order valence-electron chi connectivity index (χ4n) is 3.63. The number of fused-ring (bicyclic) bond motifs is 4. The first-order valence-electron chi connectivity index (χ1n) is 8.92. The summed E-state index contributed by atoms with van der Waals surface area (Å²) in [5, 5.41) is 1.06. The van der Waals surface area contributed by atoms with Crippen molar-refractivity contribution < 1.29 is 9.53 Å². The largest absolute Gasteiger partial charge is 0.466 e. The summed E-state index contributed by atoms with van der Waals surface area (Å²) < 4.78 is 6.89. The Labute approximate surface area is 151 Å². The fraction of sp³-hybridized carbons (Fsp3) is 0.286. The maximum Gasteiger partial charge on any atom is 0.313 e. The minimum absolute atomic E-state index is 0.109. The molecule has 0 amide bonds. The van der Waals surface area contributed by atoms with Crippen LogP contribution in [0, 0.1) is 0 Å². The average Bonchev–Trinajstić information content (AvgIpc) is 2.99. The van der Waals surface area contributed by atoms with E-state index in [1.54, 1.807) is 17.6 Å². The van der Waals surface area contributed by atoms with E-state index in [9.17, 15) is 9.59 Å². The number of esters is 1. The van der Waals surface area contributed by atoms with Crippen LogP contribution in [0.15, 0.2) is 47.3 Å². The highest BCUT2D eigenvalue weighted by Crippen LogP contribution is 2.33. The van der Waals surface area contributed by atoms with Crippen LogP contribution in [0.2, 0.25) is 0 Å². The molecule has 26 heavy (non-hydrogen) atoms. The Bertz CT molecular complexity index is 1070. The van der Waals surface area contributed by atoms with Gasteiger partial charge in [-0.25, -0.2) is 4.98 Å². The molecule has 0 spiro atoms. The monoisotopic (exact) mass is 348 g/mol. The first-order valence-corrected chi connectivity index (χ1v) is 8.92. The SMILES string of the molecule is CCOC(=O)C(CC)c1cc2n(c(=O)c1)Cc1cc3ccccc3nc1-2. The molecule has 3 heterocycles. The zero-order valence-corrected chi connectivity index (χ0v) is 14.9. The van der Waals surface area contributed by atoms with Crippen LogP contribution >= 0.6 is 0 Å². The Kier molecular flexibility index (Phi) is 4.07. The van der Waals surface area contributed by atoms with Crippen LogP contribution in [0.5, 0.6) is 0 Å². The summed E-state index contributed by atoms with van der Waals surface area (Å²) in [5.41, 5.74) is 4.11. The minimum atomic E-state index is -0.432. The molecule has 1 aliphatic heterocycles. The molecule has 2 aromatic heterocycles. The molecule has 0 fully saturated rings. The minimum Gasteiger partial charge on any atom is -0.466 e. The fourth-order valence-corrected chi connectivity index (χ4v) is 3.63. The number of hydrogen-bond donors (Lipinski definition) is 0. The molecule has 1 aliphatic rings. The van der Waals surface area contributed by atoms with E-state index in [2.05, 4.69) is 6.07 Å². The van der Waals surface area contributed by atoms with Crippen LogP contribution in [0.25, 0.3) is 22.3 Å². The van der Waals surface area contributed by atoms with E-state index in [1.165, 1.54) is 0 Å². The molecule has 1 atom stereocenters. The van der Waals surface area contributed by atoms with Gasteiger partial charge in [0, 0.05) is 17.0 Å². The van der Waals surface area contributed by atoms with Crippen molar-refractivity contribution in [3.8, 4) is 11.4 Å². The Morgan fingerprint density at radius 1 is 1.23 bits per heavy atom. The third kappa shape index (κ3) is 2.60. The van der Waals surface area contributed by atoms with Gasteiger partial charge in [-0.15, -0.1) is 0 Å². The standard InChI is InChI=1S/C21H20N2O3/c1-3-16(21(25)26-4-2)14-10-18-20-15(12-23(18)19(24)11-14)9-13-7-5-6-8-17(13)22-20/h5-11,16H,3-4,12H2,1-2H3. The van der Waals surface area contributed by atoms with E-state index in [0.717, 1.165) is 27.9 Å². The van der Waals surface area contributed by atoms with Gasteiger partial charge in [-0.3, -0.25) is 9.59 Å². The van der Waals surface area contributed by atoms with E-state index in [0.29, 0.717) is 25.1 Å². The molecule has 0 saturated carbocycles. The van der Waals surface area contributed by atoms with Crippen LogP contribution in [0.1, 0.15) is 37.3 Å². The maximum absolute atomic E-state index is 12.7. The third-order valence-corrected chi connectivity index (χ3v) is 4.91. The number of rotatable bonds is 4. The predicted octanol–water partition coefficient (Wildman–Crippen LogP) is 3.48. The van der Waals surface area contributed by atoms with Gasteiger partial charge in [0.05, 0.1) is 36.0 Å². The summed E-state index contributed by atoms with van der Waals surface area (Å²) in [6, 6.07) is 13.5. The summed E-state index contributed by atoms with van der Waals surface area (Å²) in [4.78, 5) is 29.7. The molecule has 5 heteroatoms. The van der Waals surface area contributed by atoms with E-state index >= 15 is 0 Å². The highest BCUT2D eigenvalue weighted by molar-refractivity contribution is 5.84. The van der Waals surface area contributed by atoms with E-state index in [4.69, 9.17) is 9.72 Å². The lowest BCUT2D eigenvalue weighted by Crippen LogP contribution is -2.22. The van der Waals surface area contributed by atoms with Crippen molar-refractivity contribution in [2.45, 2.75) is 32.7 Å². The maximum atomic E-state index is 12.7. The van der Waals surface area contributed by atoms with Crippen molar-refractivity contribution >= 4 is 16.9 Å². The molecule has 0 aliphatic carbocycles. The first-order chi connectivity index (χ1) is 12.6. The number of pyridine rings is 2. The molecule has 4 rings (SSSR count). The van der Waals surface area contributed by atoms with Gasteiger partial charge in [0.1, 0.15) is 0 Å². The van der Waals surface area contributed by atoms with Gasteiger partial charge in [0.25, 0.3) is 5.56 Å². The first kappa shape index (κ1) is 16.5. The van der Waals surface area contributed by atoms with Gasteiger partial charge in [0.2, 0.25) is 0 Å². The van der Waals surface area contributed by atoms with Gasteiger partial charge in [-0.1, -0.05) is 25.1 Å². The number of aromatic nitrogens is 2. The number of hydrogen-bond acceptors (Lipinski definition) is 4. The highest BCUT2D eigenvalue weighted by atomic mass is 16.5. The molecule has 1 unspecified atom stereocenters. The lowest BCUT2D eigenvalue weighted by atomic mass is 9.96. The van der Waals surface area contributed by atoms with Crippen LogP contribution in [0.4, 0.5) is 0 Å². The molecule has 0 bridgehead atoms. The van der Waals surface area contributed by atoms with Crippen molar-refractivity contribution in [2.24, 2.45) is 0 Å². The summed E-state index contributed by atoms with van der Waals surface area (Å²) in [6.45, 7) is 4.55. The molecule has 0 radical (unpaired) electrons. The van der Waals surface area contributed by atoms with E-state index in [1.807, 2.05) is 37.3 Å².